The van der Waals surface area contributed by atoms with Crippen molar-refractivity contribution in [1.82, 2.24) is 20.4 Å². The highest BCUT2D eigenvalue weighted by Crippen LogP contribution is 2.16. The first kappa shape index (κ1) is 16.0. The quantitative estimate of drug-likeness (QED) is 0.885. The van der Waals surface area contributed by atoms with E-state index in [0.29, 0.717) is 23.0 Å². The zero-order valence-electron chi connectivity index (χ0n) is 13.0. The molecule has 1 amide bonds. The predicted molar refractivity (Wildman–Crippen MR) is 91.1 cm³/mol. The summed E-state index contributed by atoms with van der Waals surface area (Å²) in [6, 6.07) is 7.38. The van der Waals surface area contributed by atoms with Crippen LogP contribution in [0.2, 0.25) is 5.02 Å². The highest BCUT2D eigenvalue weighted by molar-refractivity contribution is 6.30. The fourth-order valence-corrected chi connectivity index (χ4v) is 3.05. The van der Waals surface area contributed by atoms with Crippen LogP contribution in [-0.4, -0.2) is 35.3 Å². The molecule has 122 valence electrons. The molecule has 6 heteroatoms. The number of nitrogens with one attached hydrogen (secondary N) is 2. The lowest BCUT2D eigenvalue weighted by Crippen LogP contribution is -2.31. The molecule has 5 nitrogen and oxygen atoms in total. The highest BCUT2D eigenvalue weighted by Gasteiger charge is 2.14. The Morgan fingerprint density at radius 1 is 1.39 bits per heavy atom. The first-order valence-corrected chi connectivity index (χ1v) is 8.40. The molecule has 1 aliphatic rings. The van der Waals surface area contributed by atoms with E-state index in [2.05, 4.69) is 15.7 Å². The van der Waals surface area contributed by atoms with Gasteiger partial charge in [-0.25, -0.2) is 4.68 Å². The maximum absolute atomic E-state index is 12.2. The van der Waals surface area contributed by atoms with Crippen molar-refractivity contribution in [1.29, 1.82) is 0 Å². The van der Waals surface area contributed by atoms with Gasteiger partial charge in [0.2, 0.25) is 0 Å². The minimum absolute atomic E-state index is 0.0767. The fourth-order valence-electron chi connectivity index (χ4n) is 2.86. The number of nitrogens with zero attached hydrogens (tertiary/aromatic N) is 2. The normalized spacial score (nSPS) is 15.5. The Labute approximate surface area is 141 Å². The van der Waals surface area contributed by atoms with Crippen LogP contribution in [0.4, 0.5) is 0 Å². The van der Waals surface area contributed by atoms with Crippen LogP contribution in [0.5, 0.6) is 0 Å². The van der Waals surface area contributed by atoms with Gasteiger partial charge in [-0.1, -0.05) is 17.7 Å². The summed E-state index contributed by atoms with van der Waals surface area (Å²) in [6.07, 6.45) is 6.74. The van der Waals surface area contributed by atoms with Crippen LogP contribution >= 0.6 is 11.6 Å². The van der Waals surface area contributed by atoms with Gasteiger partial charge >= 0.3 is 0 Å². The zero-order chi connectivity index (χ0) is 16.1. The number of rotatable bonds is 5. The number of benzene rings is 1. The molecule has 0 atom stereocenters. The first-order chi connectivity index (χ1) is 11.2. The lowest BCUT2D eigenvalue weighted by Gasteiger charge is -2.22. The SMILES string of the molecule is O=C(NCCC1CCNCC1)c1cnn(-c2cccc(Cl)c2)c1. The number of hydrogen-bond acceptors (Lipinski definition) is 3. The van der Waals surface area contributed by atoms with E-state index in [0.717, 1.165) is 25.2 Å². The molecule has 0 aliphatic carbocycles. The van der Waals surface area contributed by atoms with Crippen LogP contribution in [0, 0.1) is 5.92 Å². The largest absolute Gasteiger partial charge is 0.352 e. The number of amides is 1. The summed E-state index contributed by atoms with van der Waals surface area (Å²) in [6.45, 7) is 2.89. The second-order valence-electron chi connectivity index (χ2n) is 5.89. The van der Waals surface area contributed by atoms with Gasteiger partial charge < -0.3 is 10.6 Å². The van der Waals surface area contributed by atoms with E-state index in [4.69, 9.17) is 11.6 Å². The number of carbonyl (C=O) groups excluding carboxylic acids is 1. The number of hydrogen-bond donors (Lipinski definition) is 2. The van der Waals surface area contributed by atoms with Crippen molar-refractivity contribution in [2.24, 2.45) is 5.92 Å². The smallest absolute Gasteiger partial charge is 0.254 e. The molecule has 1 fully saturated rings. The van der Waals surface area contributed by atoms with Crippen molar-refractivity contribution in [3.05, 3.63) is 47.2 Å². The monoisotopic (exact) mass is 332 g/mol. The van der Waals surface area contributed by atoms with Gasteiger partial charge in [0.05, 0.1) is 17.4 Å². The van der Waals surface area contributed by atoms with Crippen molar-refractivity contribution >= 4 is 17.5 Å². The number of piperidine rings is 1. The van der Waals surface area contributed by atoms with Crippen LogP contribution in [0.1, 0.15) is 29.6 Å². The fraction of sp³-hybridized carbons (Fsp3) is 0.412. The molecule has 1 aromatic heterocycles. The van der Waals surface area contributed by atoms with Gasteiger partial charge in [-0.3, -0.25) is 4.79 Å². The first-order valence-electron chi connectivity index (χ1n) is 8.02. The van der Waals surface area contributed by atoms with Crippen molar-refractivity contribution in [2.45, 2.75) is 19.3 Å². The van der Waals surface area contributed by atoms with Gasteiger partial charge in [-0.15, -0.1) is 0 Å². The summed E-state index contributed by atoms with van der Waals surface area (Å²) in [7, 11) is 0. The van der Waals surface area contributed by atoms with Gasteiger partial charge in [0.15, 0.2) is 0 Å². The van der Waals surface area contributed by atoms with Gasteiger partial charge in [0, 0.05) is 17.8 Å². The Hall–Kier alpha value is -1.85. The average molecular weight is 333 g/mol. The summed E-state index contributed by atoms with van der Waals surface area (Å²) >= 11 is 5.98. The molecular formula is C17H21ClN4O. The maximum atomic E-state index is 12.2. The second-order valence-corrected chi connectivity index (χ2v) is 6.33. The molecule has 0 radical (unpaired) electrons. The Balaban J connectivity index is 1.54. The summed E-state index contributed by atoms with van der Waals surface area (Å²) in [5, 5.41) is 11.2. The molecule has 0 spiro atoms. The molecular weight excluding hydrogens is 312 g/mol. The van der Waals surface area contributed by atoms with Gasteiger partial charge in [0.1, 0.15) is 0 Å². The lowest BCUT2D eigenvalue weighted by molar-refractivity contribution is 0.0950. The van der Waals surface area contributed by atoms with Crippen molar-refractivity contribution in [2.75, 3.05) is 19.6 Å². The number of carbonyl (C=O) groups is 1. The number of halogens is 1. The number of aromatic nitrogens is 2. The molecule has 1 aromatic carbocycles. The zero-order valence-corrected chi connectivity index (χ0v) is 13.7. The molecule has 2 N–H and O–H groups in total. The van der Waals surface area contributed by atoms with E-state index >= 15 is 0 Å². The third-order valence-corrected chi connectivity index (χ3v) is 4.45. The maximum Gasteiger partial charge on any atom is 0.254 e. The third kappa shape index (κ3) is 4.33. The van der Waals surface area contributed by atoms with Gasteiger partial charge in [-0.2, -0.15) is 5.10 Å². The summed E-state index contributed by atoms with van der Waals surface area (Å²) in [5.74, 6) is 0.637. The van der Waals surface area contributed by atoms with Crippen LogP contribution in [0.25, 0.3) is 5.69 Å². The lowest BCUT2D eigenvalue weighted by atomic mass is 9.95. The van der Waals surface area contributed by atoms with E-state index in [1.54, 1.807) is 17.1 Å². The molecule has 0 bridgehead atoms. The van der Waals surface area contributed by atoms with Crippen LogP contribution in [-0.2, 0) is 0 Å². The molecule has 23 heavy (non-hydrogen) atoms. The van der Waals surface area contributed by atoms with Crippen molar-refractivity contribution < 1.29 is 4.79 Å². The summed E-state index contributed by atoms with van der Waals surface area (Å²) in [4.78, 5) is 12.2. The van der Waals surface area contributed by atoms with Crippen LogP contribution < -0.4 is 10.6 Å². The molecule has 0 saturated carbocycles. The predicted octanol–water partition coefficient (Wildman–Crippen LogP) is 2.65. The minimum Gasteiger partial charge on any atom is -0.352 e. The van der Waals surface area contributed by atoms with E-state index in [9.17, 15) is 4.79 Å². The highest BCUT2D eigenvalue weighted by atomic mass is 35.5. The minimum atomic E-state index is -0.0767. The third-order valence-electron chi connectivity index (χ3n) is 4.21. The molecule has 1 aliphatic heterocycles. The summed E-state index contributed by atoms with van der Waals surface area (Å²) < 4.78 is 1.66. The van der Waals surface area contributed by atoms with E-state index in [1.165, 1.54) is 12.8 Å². The Morgan fingerprint density at radius 2 is 2.22 bits per heavy atom. The molecule has 1 saturated heterocycles. The van der Waals surface area contributed by atoms with Crippen LogP contribution in [0.15, 0.2) is 36.7 Å². The summed E-state index contributed by atoms with van der Waals surface area (Å²) in [5.41, 5.74) is 1.40. The van der Waals surface area contributed by atoms with Gasteiger partial charge in [0.25, 0.3) is 5.91 Å². The Kier molecular flexibility index (Phi) is 5.31. The van der Waals surface area contributed by atoms with E-state index < -0.39 is 0 Å². The molecule has 2 heterocycles. The Morgan fingerprint density at radius 3 is 3.00 bits per heavy atom. The van der Waals surface area contributed by atoms with E-state index in [-0.39, 0.29) is 5.91 Å². The standard InChI is InChI=1S/C17H21ClN4O/c18-15-2-1-3-16(10-15)22-12-14(11-21-22)17(23)20-9-6-13-4-7-19-8-5-13/h1-3,10-13,19H,4-9H2,(H,20,23). The molecule has 3 rings (SSSR count). The molecule has 0 unspecified atom stereocenters. The van der Waals surface area contributed by atoms with E-state index in [1.807, 2.05) is 24.3 Å². The van der Waals surface area contributed by atoms with Crippen molar-refractivity contribution in [3.8, 4) is 5.69 Å². The van der Waals surface area contributed by atoms with Crippen LogP contribution in [0.3, 0.4) is 0 Å². The molecule has 2 aromatic rings. The second kappa shape index (κ2) is 7.62. The topological polar surface area (TPSA) is 59.0 Å². The Bertz CT molecular complexity index is 664. The average Bonchev–Trinajstić information content (AvgIpc) is 3.06. The van der Waals surface area contributed by atoms with Gasteiger partial charge in [-0.05, 0) is 56.5 Å². The van der Waals surface area contributed by atoms with Crippen molar-refractivity contribution in [3.63, 3.8) is 0 Å².